The fourth-order valence-corrected chi connectivity index (χ4v) is 2.88. The third-order valence-electron chi connectivity index (χ3n) is 4.27. The van der Waals surface area contributed by atoms with Gasteiger partial charge in [0.15, 0.2) is 5.78 Å². The van der Waals surface area contributed by atoms with Gasteiger partial charge >= 0.3 is 0 Å². The Morgan fingerprint density at radius 1 is 1.23 bits per heavy atom. The third kappa shape index (κ3) is 3.65. The fourth-order valence-electron chi connectivity index (χ4n) is 2.88. The summed E-state index contributed by atoms with van der Waals surface area (Å²) >= 11 is 0. The van der Waals surface area contributed by atoms with E-state index in [1.54, 1.807) is 6.07 Å². The summed E-state index contributed by atoms with van der Waals surface area (Å²) < 4.78 is 5.98. The Balaban J connectivity index is 1.87. The van der Waals surface area contributed by atoms with Gasteiger partial charge in [0.1, 0.15) is 11.9 Å². The topological polar surface area (TPSA) is 50.1 Å². The van der Waals surface area contributed by atoms with Crippen molar-refractivity contribution in [1.82, 2.24) is 0 Å². The number of ether oxygens (including phenoxy) is 1. The van der Waals surface area contributed by atoms with Gasteiger partial charge in [-0.05, 0) is 47.9 Å². The molecule has 1 unspecified atom stereocenters. The second-order valence-corrected chi connectivity index (χ2v) is 6.10. The number of benzene rings is 2. The van der Waals surface area contributed by atoms with Gasteiger partial charge in [-0.25, -0.2) is 0 Å². The number of fused-ring (bicyclic) bond motifs is 1. The van der Waals surface area contributed by atoms with Crippen molar-refractivity contribution in [3.05, 3.63) is 90.0 Å². The molecular weight excluding hydrogens is 322 g/mol. The predicted molar refractivity (Wildman–Crippen MR) is 103 cm³/mol. The maximum Gasteiger partial charge on any atom is 0.170 e. The summed E-state index contributed by atoms with van der Waals surface area (Å²) in [5.74, 6) is 0.613. The van der Waals surface area contributed by atoms with Crippen LogP contribution < -0.4 is 4.74 Å². The zero-order valence-corrected chi connectivity index (χ0v) is 14.6. The normalized spacial score (nSPS) is 16.3. The van der Waals surface area contributed by atoms with Crippen molar-refractivity contribution < 1.29 is 9.53 Å². The van der Waals surface area contributed by atoms with E-state index in [0.717, 1.165) is 16.7 Å². The average molecular weight is 341 g/mol. The monoisotopic (exact) mass is 341 g/mol. The van der Waals surface area contributed by atoms with Crippen molar-refractivity contribution >= 4 is 5.78 Å². The maximum atomic E-state index is 12.6. The van der Waals surface area contributed by atoms with E-state index in [0.29, 0.717) is 16.9 Å². The van der Waals surface area contributed by atoms with Gasteiger partial charge in [-0.1, -0.05) is 49.1 Å². The molecule has 128 valence electrons. The highest BCUT2D eigenvalue weighted by molar-refractivity contribution is 6.01. The van der Waals surface area contributed by atoms with Crippen LogP contribution in [0.15, 0.2) is 78.9 Å². The Morgan fingerprint density at radius 3 is 2.81 bits per heavy atom. The van der Waals surface area contributed by atoms with Crippen LogP contribution >= 0.6 is 0 Å². The van der Waals surface area contributed by atoms with Crippen LogP contribution in [0, 0.1) is 11.3 Å². The molecule has 0 fully saturated rings. The number of ketones is 1. The Hall–Kier alpha value is -3.38. The fraction of sp³-hybridized carbons (Fsp3) is 0.130. The SMILES string of the molecule is C=C(/C=C\C=C/C)C1CC(=O)c2cc(-c3cccc(C#N)c3)ccc2O1. The van der Waals surface area contributed by atoms with Crippen molar-refractivity contribution in [3.8, 4) is 22.9 Å². The molecule has 26 heavy (non-hydrogen) atoms. The van der Waals surface area contributed by atoms with E-state index in [1.165, 1.54) is 0 Å². The van der Waals surface area contributed by atoms with Crippen LogP contribution in [0.25, 0.3) is 11.1 Å². The number of rotatable bonds is 4. The molecule has 0 saturated carbocycles. The van der Waals surface area contributed by atoms with Gasteiger partial charge in [-0.3, -0.25) is 4.79 Å². The lowest BCUT2D eigenvalue weighted by Gasteiger charge is -2.26. The van der Waals surface area contributed by atoms with E-state index in [1.807, 2.05) is 67.6 Å². The summed E-state index contributed by atoms with van der Waals surface area (Å²) in [6.45, 7) is 5.95. The molecule has 2 aromatic rings. The molecule has 1 aliphatic heterocycles. The number of hydrogen-bond acceptors (Lipinski definition) is 3. The Labute approximate surface area is 153 Å². The quantitative estimate of drug-likeness (QED) is 0.714. The van der Waals surface area contributed by atoms with Crippen LogP contribution in [-0.2, 0) is 0 Å². The third-order valence-corrected chi connectivity index (χ3v) is 4.27. The van der Waals surface area contributed by atoms with Crippen LogP contribution in [0.4, 0.5) is 0 Å². The van der Waals surface area contributed by atoms with Crippen molar-refractivity contribution in [2.75, 3.05) is 0 Å². The minimum Gasteiger partial charge on any atom is -0.485 e. The molecule has 0 amide bonds. The molecule has 0 aromatic heterocycles. The zero-order valence-electron chi connectivity index (χ0n) is 14.6. The lowest BCUT2D eigenvalue weighted by Crippen LogP contribution is -2.27. The summed E-state index contributed by atoms with van der Waals surface area (Å²) in [5.41, 5.74) is 3.73. The molecule has 0 N–H and O–H groups in total. The number of Topliss-reactive ketones (excluding diaryl/α,β-unsaturated/α-hetero) is 1. The second-order valence-electron chi connectivity index (χ2n) is 6.10. The summed E-state index contributed by atoms with van der Waals surface area (Å²) in [5, 5.41) is 9.06. The van der Waals surface area contributed by atoms with Crippen LogP contribution in [0.5, 0.6) is 5.75 Å². The number of allylic oxidation sites excluding steroid dienone is 3. The average Bonchev–Trinajstić information content (AvgIpc) is 2.67. The van der Waals surface area contributed by atoms with Gasteiger partial charge in [0.05, 0.1) is 23.6 Å². The minimum absolute atomic E-state index is 0.0371. The van der Waals surface area contributed by atoms with Crippen LogP contribution in [0.3, 0.4) is 0 Å². The first-order valence-corrected chi connectivity index (χ1v) is 8.45. The minimum atomic E-state index is -0.343. The van der Waals surface area contributed by atoms with E-state index in [2.05, 4.69) is 12.6 Å². The molecule has 0 aliphatic carbocycles. The van der Waals surface area contributed by atoms with Gasteiger partial charge in [0.25, 0.3) is 0 Å². The molecule has 3 rings (SSSR count). The molecule has 0 spiro atoms. The molecule has 0 bridgehead atoms. The Bertz CT molecular complexity index is 960. The summed E-state index contributed by atoms with van der Waals surface area (Å²) in [6.07, 6.45) is 7.51. The van der Waals surface area contributed by atoms with Crippen molar-refractivity contribution in [3.63, 3.8) is 0 Å². The molecule has 1 heterocycles. The van der Waals surface area contributed by atoms with Crippen molar-refractivity contribution in [2.24, 2.45) is 0 Å². The highest BCUT2D eigenvalue weighted by Crippen LogP contribution is 2.33. The number of hydrogen-bond donors (Lipinski definition) is 0. The van der Waals surface area contributed by atoms with E-state index < -0.39 is 0 Å². The van der Waals surface area contributed by atoms with Gasteiger partial charge in [0.2, 0.25) is 0 Å². The smallest absolute Gasteiger partial charge is 0.170 e. The van der Waals surface area contributed by atoms with E-state index in [-0.39, 0.29) is 18.3 Å². The van der Waals surface area contributed by atoms with E-state index in [9.17, 15) is 4.79 Å². The number of carbonyl (C=O) groups excluding carboxylic acids is 1. The first-order chi connectivity index (χ1) is 12.6. The van der Waals surface area contributed by atoms with Crippen molar-refractivity contribution in [1.29, 1.82) is 5.26 Å². The highest BCUT2D eigenvalue weighted by atomic mass is 16.5. The van der Waals surface area contributed by atoms with Gasteiger partial charge in [-0.2, -0.15) is 5.26 Å². The van der Waals surface area contributed by atoms with Gasteiger partial charge in [-0.15, -0.1) is 0 Å². The molecule has 3 nitrogen and oxygen atoms in total. The number of nitriles is 1. The lowest BCUT2D eigenvalue weighted by molar-refractivity contribution is 0.0888. The summed E-state index contributed by atoms with van der Waals surface area (Å²) in [4.78, 5) is 12.6. The zero-order chi connectivity index (χ0) is 18.5. The first-order valence-electron chi connectivity index (χ1n) is 8.45. The molecule has 3 heteroatoms. The van der Waals surface area contributed by atoms with Crippen molar-refractivity contribution in [2.45, 2.75) is 19.4 Å². The molecule has 0 saturated heterocycles. The van der Waals surface area contributed by atoms with E-state index >= 15 is 0 Å². The maximum absolute atomic E-state index is 12.6. The number of carbonyl (C=O) groups is 1. The molecule has 1 atom stereocenters. The molecular formula is C23H19NO2. The number of nitrogens with zero attached hydrogens (tertiary/aromatic N) is 1. The molecule has 2 aromatic carbocycles. The van der Waals surface area contributed by atoms with Crippen LogP contribution in [0.1, 0.15) is 29.3 Å². The van der Waals surface area contributed by atoms with Crippen LogP contribution in [0.2, 0.25) is 0 Å². The largest absolute Gasteiger partial charge is 0.485 e. The van der Waals surface area contributed by atoms with Crippen LogP contribution in [-0.4, -0.2) is 11.9 Å². The second kappa shape index (κ2) is 7.67. The first kappa shape index (κ1) is 17.4. The molecule has 1 aliphatic rings. The standard InChI is InChI=1S/C23H19NO2/c1-3-4-5-7-16(2)23-14-21(25)20-13-19(10-11-22(20)26-23)18-9-6-8-17(12-18)15-24/h3-13,23H,2,14H2,1H3/b4-3-,7-5-. The molecule has 0 radical (unpaired) electrons. The lowest BCUT2D eigenvalue weighted by atomic mass is 9.93. The Kier molecular flexibility index (Phi) is 5.15. The highest BCUT2D eigenvalue weighted by Gasteiger charge is 2.27. The summed E-state index contributed by atoms with van der Waals surface area (Å²) in [7, 11) is 0. The predicted octanol–water partition coefficient (Wildman–Crippen LogP) is 5.25. The van der Waals surface area contributed by atoms with E-state index in [4.69, 9.17) is 10.00 Å². The van der Waals surface area contributed by atoms with Gasteiger partial charge in [0, 0.05) is 0 Å². The Morgan fingerprint density at radius 2 is 2.04 bits per heavy atom. The summed E-state index contributed by atoms with van der Waals surface area (Å²) in [6, 6.07) is 15.0. The van der Waals surface area contributed by atoms with Gasteiger partial charge < -0.3 is 4.74 Å².